The van der Waals surface area contributed by atoms with Gasteiger partial charge in [0.05, 0.1) is 23.2 Å². The molecule has 0 amide bonds. The maximum atomic E-state index is 6.39. The Hall–Kier alpha value is -3.03. The van der Waals surface area contributed by atoms with Crippen molar-refractivity contribution >= 4 is 28.9 Å². The molecule has 7 nitrogen and oxygen atoms in total. The molecule has 0 spiro atoms. The van der Waals surface area contributed by atoms with E-state index < -0.39 is 0 Å². The van der Waals surface area contributed by atoms with Crippen LogP contribution in [-0.2, 0) is 13.5 Å². The Labute approximate surface area is 183 Å². The van der Waals surface area contributed by atoms with Gasteiger partial charge in [0, 0.05) is 29.5 Å². The summed E-state index contributed by atoms with van der Waals surface area (Å²) in [5.41, 5.74) is 9.93. The van der Waals surface area contributed by atoms with Crippen molar-refractivity contribution in [3.63, 3.8) is 0 Å². The molecule has 2 aromatic heterocycles. The Morgan fingerprint density at radius 1 is 1.13 bits per heavy atom. The van der Waals surface area contributed by atoms with Crippen LogP contribution in [0.3, 0.4) is 0 Å². The fourth-order valence-electron chi connectivity index (χ4n) is 3.08. The van der Waals surface area contributed by atoms with E-state index in [4.69, 9.17) is 38.1 Å². The number of nitrogens with two attached hydrogens (primary N) is 1. The molecular formula is C21H19Cl2N5O2. The monoisotopic (exact) mass is 443 g/mol. The summed E-state index contributed by atoms with van der Waals surface area (Å²) in [6.07, 6.45) is 2.15. The standard InChI is InChI=1S/C21H19Cl2N5O2/c1-11-13(6-19-26-27-21(30-19)17-10-25-28(3)12(17)2)4-5-18(23)20(11)29-16-8-14(22)7-15(24)9-16/h4-5,7-10H,6,24H2,1-3H3. The number of hydrogen-bond donors (Lipinski definition) is 1. The highest BCUT2D eigenvalue weighted by molar-refractivity contribution is 6.32. The minimum Gasteiger partial charge on any atom is -0.455 e. The van der Waals surface area contributed by atoms with Crippen molar-refractivity contribution in [1.29, 1.82) is 0 Å². The number of nitrogen functional groups attached to an aromatic ring is 1. The van der Waals surface area contributed by atoms with Gasteiger partial charge in [-0.25, -0.2) is 0 Å². The van der Waals surface area contributed by atoms with Crippen molar-refractivity contribution in [2.24, 2.45) is 7.05 Å². The average Bonchev–Trinajstić information content (AvgIpc) is 3.27. The first-order valence-electron chi connectivity index (χ1n) is 9.15. The minimum atomic E-state index is 0.434. The van der Waals surface area contributed by atoms with E-state index in [0.29, 0.717) is 45.4 Å². The molecule has 0 aliphatic heterocycles. The van der Waals surface area contributed by atoms with E-state index in [0.717, 1.165) is 22.4 Å². The van der Waals surface area contributed by atoms with Crippen LogP contribution in [0.15, 0.2) is 40.9 Å². The summed E-state index contributed by atoms with van der Waals surface area (Å²) in [4.78, 5) is 0. The number of aryl methyl sites for hydroxylation is 1. The van der Waals surface area contributed by atoms with Gasteiger partial charge in [0.1, 0.15) is 11.5 Å². The molecule has 2 heterocycles. The van der Waals surface area contributed by atoms with E-state index in [1.807, 2.05) is 27.0 Å². The predicted octanol–water partition coefficient (Wildman–Crippen LogP) is 5.36. The summed E-state index contributed by atoms with van der Waals surface area (Å²) in [6.45, 7) is 3.87. The summed E-state index contributed by atoms with van der Waals surface area (Å²) in [7, 11) is 1.86. The van der Waals surface area contributed by atoms with Gasteiger partial charge >= 0.3 is 0 Å². The molecule has 0 radical (unpaired) electrons. The zero-order valence-electron chi connectivity index (χ0n) is 16.6. The molecule has 2 aromatic carbocycles. The van der Waals surface area contributed by atoms with Crippen LogP contribution in [0.2, 0.25) is 10.0 Å². The normalized spacial score (nSPS) is 11.1. The number of halogens is 2. The maximum Gasteiger partial charge on any atom is 0.251 e. The van der Waals surface area contributed by atoms with E-state index in [1.54, 1.807) is 35.1 Å². The third-order valence-corrected chi connectivity index (χ3v) is 5.37. The quantitative estimate of drug-likeness (QED) is 0.417. The molecule has 0 saturated heterocycles. The van der Waals surface area contributed by atoms with Crippen molar-refractivity contribution in [2.75, 3.05) is 5.73 Å². The van der Waals surface area contributed by atoms with E-state index in [1.165, 1.54) is 0 Å². The second kappa shape index (κ2) is 8.01. The Morgan fingerprint density at radius 3 is 2.63 bits per heavy atom. The lowest BCUT2D eigenvalue weighted by molar-refractivity contribution is 0.477. The minimum absolute atomic E-state index is 0.434. The molecule has 30 heavy (non-hydrogen) atoms. The molecule has 0 bridgehead atoms. The predicted molar refractivity (Wildman–Crippen MR) is 116 cm³/mol. The topological polar surface area (TPSA) is 92.0 Å². The molecule has 0 aliphatic carbocycles. The van der Waals surface area contributed by atoms with Gasteiger partial charge in [0.15, 0.2) is 0 Å². The number of ether oxygens (including phenoxy) is 1. The number of rotatable bonds is 5. The van der Waals surface area contributed by atoms with Crippen molar-refractivity contribution in [3.05, 3.63) is 69.3 Å². The van der Waals surface area contributed by atoms with E-state index in [-0.39, 0.29) is 0 Å². The molecule has 0 unspecified atom stereocenters. The first-order valence-corrected chi connectivity index (χ1v) is 9.90. The SMILES string of the molecule is Cc1c(Cc2nnc(-c3cnn(C)c3C)o2)ccc(Cl)c1Oc1cc(N)cc(Cl)c1. The van der Waals surface area contributed by atoms with Crippen LogP contribution in [0, 0.1) is 13.8 Å². The highest BCUT2D eigenvalue weighted by atomic mass is 35.5. The second-order valence-corrected chi connectivity index (χ2v) is 7.77. The Bertz CT molecular complexity index is 1210. The van der Waals surface area contributed by atoms with Crippen molar-refractivity contribution in [3.8, 4) is 23.0 Å². The molecule has 0 atom stereocenters. The first kappa shape index (κ1) is 20.3. The van der Waals surface area contributed by atoms with Gasteiger partial charge < -0.3 is 14.9 Å². The van der Waals surface area contributed by atoms with E-state index in [2.05, 4.69) is 15.3 Å². The number of aromatic nitrogens is 4. The van der Waals surface area contributed by atoms with Crippen molar-refractivity contribution in [1.82, 2.24) is 20.0 Å². The van der Waals surface area contributed by atoms with Gasteiger partial charge in [-0.15, -0.1) is 10.2 Å². The molecule has 0 saturated carbocycles. The van der Waals surface area contributed by atoms with Crippen LogP contribution < -0.4 is 10.5 Å². The molecule has 0 fully saturated rings. The Balaban J connectivity index is 1.61. The number of anilines is 1. The summed E-state index contributed by atoms with van der Waals surface area (Å²) in [5, 5.41) is 13.5. The first-order chi connectivity index (χ1) is 14.3. The zero-order chi connectivity index (χ0) is 21.4. The lowest BCUT2D eigenvalue weighted by Crippen LogP contribution is -1.97. The Kier molecular flexibility index (Phi) is 5.40. The van der Waals surface area contributed by atoms with Gasteiger partial charge in [-0.3, -0.25) is 4.68 Å². The zero-order valence-corrected chi connectivity index (χ0v) is 18.1. The van der Waals surface area contributed by atoms with Gasteiger partial charge in [0.2, 0.25) is 5.89 Å². The lowest BCUT2D eigenvalue weighted by Gasteiger charge is -2.14. The summed E-state index contributed by atoms with van der Waals surface area (Å²) >= 11 is 12.5. The fourth-order valence-corrected chi connectivity index (χ4v) is 3.56. The highest BCUT2D eigenvalue weighted by Crippen LogP contribution is 2.37. The smallest absolute Gasteiger partial charge is 0.251 e. The molecule has 154 valence electrons. The molecule has 4 aromatic rings. The van der Waals surface area contributed by atoms with Gasteiger partial charge in [-0.2, -0.15) is 5.10 Å². The summed E-state index contributed by atoms with van der Waals surface area (Å²) in [6, 6.07) is 8.71. The van der Waals surface area contributed by atoms with Crippen LogP contribution in [0.1, 0.15) is 22.7 Å². The summed E-state index contributed by atoms with van der Waals surface area (Å²) in [5.74, 6) is 1.96. The summed E-state index contributed by atoms with van der Waals surface area (Å²) < 4.78 is 13.6. The van der Waals surface area contributed by atoms with E-state index in [9.17, 15) is 0 Å². The number of benzene rings is 2. The van der Waals surface area contributed by atoms with Gasteiger partial charge in [-0.05, 0) is 43.2 Å². The van der Waals surface area contributed by atoms with Crippen LogP contribution >= 0.6 is 23.2 Å². The number of nitrogens with zero attached hydrogens (tertiary/aromatic N) is 4. The lowest BCUT2D eigenvalue weighted by atomic mass is 10.0. The second-order valence-electron chi connectivity index (χ2n) is 6.93. The number of hydrogen-bond acceptors (Lipinski definition) is 6. The maximum absolute atomic E-state index is 6.39. The third kappa shape index (κ3) is 3.99. The Morgan fingerprint density at radius 2 is 1.93 bits per heavy atom. The molecule has 2 N–H and O–H groups in total. The fraction of sp³-hybridized carbons (Fsp3) is 0.190. The molecule has 9 heteroatoms. The highest BCUT2D eigenvalue weighted by Gasteiger charge is 2.17. The van der Waals surface area contributed by atoms with Crippen molar-refractivity contribution < 1.29 is 9.15 Å². The molecular weight excluding hydrogens is 425 g/mol. The van der Waals surface area contributed by atoms with Gasteiger partial charge in [-0.1, -0.05) is 29.3 Å². The largest absolute Gasteiger partial charge is 0.455 e. The third-order valence-electron chi connectivity index (χ3n) is 4.86. The van der Waals surface area contributed by atoms with Crippen LogP contribution in [0.25, 0.3) is 11.5 Å². The van der Waals surface area contributed by atoms with Crippen LogP contribution in [0.4, 0.5) is 5.69 Å². The molecule has 4 rings (SSSR count). The molecule has 0 aliphatic rings. The van der Waals surface area contributed by atoms with E-state index >= 15 is 0 Å². The van der Waals surface area contributed by atoms with Crippen LogP contribution in [-0.4, -0.2) is 20.0 Å². The van der Waals surface area contributed by atoms with Gasteiger partial charge in [0.25, 0.3) is 5.89 Å². The van der Waals surface area contributed by atoms with Crippen molar-refractivity contribution in [2.45, 2.75) is 20.3 Å². The average molecular weight is 444 g/mol. The van der Waals surface area contributed by atoms with Crippen LogP contribution in [0.5, 0.6) is 11.5 Å².